The normalized spacial score (nSPS) is 11.4. The first kappa shape index (κ1) is 23.2. The van der Waals surface area contributed by atoms with E-state index in [2.05, 4.69) is 142 Å². The molecule has 0 aliphatic heterocycles. The summed E-state index contributed by atoms with van der Waals surface area (Å²) in [6, 6.07) is 48.4. The summed E-state index contributed by atoms with van der Waals surface area (Å²) in [7, 11) is 0. The van der Waals surface area contributed by atoms with Crippen LogP contribution in [0.3, 0.4) is 0 Å². The molecule has 41 heavy (non-hydrogen) atoms. The van der Waals surface area contributed by atoms with Crippen LogP contribution in [-0.2, 0) is 0 Å². The number of anilines is 3. The zero-order valence-corrected chi connectivity index (χ0v) is 22.2. The Labute approximate surface area is 237 Å². The van der Waals surface area contributed by atoms with Gasteiger partial charge in [0.25, 0.3) is 0 Å². The van der Waals surface area contributed by atoms with Crippen LogP contribution in [0, 0.1) is 0 Å². The van der Waals surface area contributed by atoms with Crippen LogP contribution in [0.2, 0.25) is 0 Å². The third-order valence-corrected chi connectivity index (χ3v) is 7.63. The highest BCUT2D eigenvalue weighted by atomic mass is 15.2. The van der Waals surface area contributed by atoms with Gasteiger partial charge in [0.15, 0.2) is 5.82 Å². The first-order valence-electron chi connectivity index (χ1n) is 13.7. The van der Waals surface area contributed by atoms with E-state index < -0.39 is 0 Å². The first-order valence-corrected chi connectivity index (χ1v) is 13.7. The van der Waals surface area contributed by atoms with Crippen molar-refractivity contribution >= 4 is 50.0 Å². The fourth-order valence-electron chi connectivity index (χ4n) is 5.88. The van der Waals surface area contributed by atoms with E-state index >= 15 is 0 Å². The predicted octanol–water partition coefficient (Wildman–Crippen LogP) is 8.99. The lowest BCUT2D eigenvalue weighted by atomic mass is 10.2. The van der Waals surface area contributed by atoms with Crippen LogP contribution in [0.15, 0.2) is 152 Å². The van der Waals surface area contributed by atoms with Crippen LogP contribution in [0.1, 0.15) is 0 Å². The van der Waals surface area contributed by atoms with Crippen molar-refractivity contribution in [1.82, 2.24) is 19.1 Å². The molecule has 0 N–H and O–H groups in total. The van der Waals surface area contributed by atoms with Gasteiger partial charge < -0.3 is 9.13 Å². The maximum atomic E-state index is 4.95. The molecule has 0 saturated carbocycles. The van der Waals surface area contributed by atoms with Crippen molar-refractivity contribution in [2.75, 3.05) is 4.90 Å². The van der Waals surface area contributed by atoms with Crippen LogP contribution >= 0.6 is 0 Å². The van der Waals surface area contributed by atoms with Gasteiger partial charge in [0, 0.05) is 34.0 Å². The largest absolute Gasteiger partial charge is 0.310 e. The molecule has 3 heterocycles. The molecule has 194 valence electrons. The van der Waals surface area contributed by atoms with E-state index in [-0.39, 0.29) is 0 Å². The quantitative estimate of drug-likeness (QED) is 0.224. The van der Waals surface area contributed by atoms with Crippen LogP contribution in [0.5, 0.6) is 0 Å². The molecule has 0 aliphatic rings. The fraction of sp³-hybridized carbons (Fsp3) is 0. The minimum absolute atomic E-state index is 0.809. The molecule has 5 nitrogen and oxygen atoms in total. The zero-order valence-electron chi connectivity index (χ0n) is 22.2. The molecule has 8 rings (SSSR count). The van der Waals surface area contributed by atoms with E-state index in [1.807, 2.05) is 18.2 Å². The summed E-state index contributed by atoms with van der Waals surface area (Å²) < 4.78 is 4.56. The van der Waals surface area contributed by atoms with Gasteiger partial charge in [-0.3, -0.25) is 4.90 Å². The Hall–Kier alpha value is -5.68. The Bertz CT molecular complexity index is 2050. The van der Waals surface area contributed by atoms with Crippen molar-refractivity contribution in [3.63, 3.8) is 0 Å². The second-order valence-electron chi connectivity index (χ2n) is 9.99. The molecule has 0 aliphatic carbocycles. The molecular weight excluding hydrogens is 502 g/mol. The lowest BCUT2D eigenvalue weighted by molar-refractivity contribution is 1.08. The molecule has 5 heteroatoms. The maximum absolute atomic E-state index is 4.95. The van der Waals surface area contributed by atoms with Crippen molar-refractivity contribution in [2.24, 2.45) is 0 Å². The predicted molar refractivity (Wildman–Crippen MR) is 168 cm³/mol. The van der Waals surface area contributed by atoms with E-state index in [1.165, 1.54) is 10.8 Å². The van der Waals surface area contributed by atoms with Gasteiger partial charge in [0.1, 0.15) is 17.4 Å². The van der Waals surface area contributed by atoms with Crippen molar-refractivity contribution in [3.05, 3.63) is 152 Å². The summed E-state index contributed by atoms with van der Waals surface area (Å²) in [5.41, 5.74) is 8.20. The average molecular weight is 528 g/mol. The highest BCUT2D eigenvalue weighted by molar-refractivity contribution is 6.11. The third-order valence-electron chi connectivity index (χ3n) is 7.63. The summed E-state index contributed by atoms with van der Waals surface area (Å²) in [6.45, 7) is 0. The standard InChI is InChI=1S/C36H25N5/c1-4-14-26(15-5-1)39-24-33(41-31-22-12-10-20-29(31)30-21-11-13-23-32(30)41)34-35(39)36(38-25-37-34)40(27-16-6-2-7-17-27)28-18-8-3-9-19-28/h1-25H. The monoisotopic (exact) mass is 527 g/mol. The summed E-state index contributed by atoms with van der Waals surface area (Å²) in [4.78, 5) is 12.1. The molecule has 0 unspecified atom stereocenters. The molecular formula is C36H25N5. The van der Waals surface area contributed by atoms with Gasteiger partial charge in [-0.2, -0.15) is 0 Å². The van der Waals surface area contributed by atoms with Crippen LogP contribution in [0.4, 0.5) is 17.2 Å². The molecule has 0 atom stereocenters. The Kier molecular flexibility index (Phi) is 5.38. The molecule has 8 aromatic rings. The molecule has 0 amide bonds. The molecule has 3 aromatic heterocycles. The molecule has 0 radical (unpaired) electrons. The van der Waals surface area contributed by atoms with Gasteiger partial charge in [-0.25, -0.2) is 9.97 Å². The van der Waals surface area contributed by atoms with E-state index in [1.54, 1.807) is 6.33 Å². The number of benzene rings is 5. The molecule has 5 aromatic carbocycles. The molecule has 0 spiro atoms. The number of para-hydroxylation sites is 5. The van der Waals surface area contributed by atoms with Crippen LogP contribution < -0.4 is 4.90 Å². The van der Waals surface area contributed by atoms with Crippen LogP contribution in [0.25, 0.3) is 44.2 Å². The van der Waals surface area contributed by atoms with E-state index in [0.717, 1.165) is 50.6 Å². The van der Waals surface area contributed by atoms with E-state index in [4.69, 9.17) is 9.97 Å². The summed E-state index contributed by atoms with van der Waals surface area (Å²) in [5, 5.41) is 2.43. The van der Waals surface area contributed by atoms with E-state index in [9.17, 15) is 0 Å². The number of hydrogen-bond acceptors (Lipinski definition) is 3. The zero-order chi connectivity index (χ0) is 27.2. The Balaban J connectivity index is 1.50. The lowest BCUT2D eigenvalue weighted by Gasteiger charge is -2.25. The highest BCUT2D eigenvalue weighted by Crippen LogP contribution is 2.41. The number of fused-ring (bicyclic) bond motifs is 4. The van der Waals surface area contributed by atoms with Crippen molar-refractivity contribution in [2.45, 2.75) is 0 Å². The SMILES string of the molecule is c1ccc(N(c2ccccc2)c2ncnc3c(-n4c5ccccc5c5ccccc54)cn(-c4ccccc4)c23)cc1. The second-order valence-corrected chi connectivity index (χ2v) is 9.99. The van der Waals surface area contributed by atoms with Gasteiger partial charge in [-0.05, 0) is 48.5 Å². The number of rotatable bonds is 5. The van der Waals surface area contributed by atoms with Crippen molar-refractivity contribution < 1.29 is 0 Å². The van der Waals surface area contributed by atoms with Gasteiger partial charge >= 0.3 is 0 Å². The van der Waals surface area contributed by atoms with Gasteiger partial charge in [-0.15, -0.1) is 0 Å². The Morgan fingerprint density at radius 2 is 1.02 bits per heavy atom. The van der Waals surface area contributed by atoms with Gasteiger partial charge in [-0.1, -0.05) is 91.0 Å². The summed E-state index contributed by atoms with van der Waals surface area (Å²) in [5.74, 6) is 0.809. The van der Waals surface area contributed by atoms with E-state index in [0.29, 0.717) is 0 Å². The minimum Gasteiger partial charge on any atom is -0.310 e. The summed E-state index contributed by atoms with van der Waals surface area (Å²) in [6.07, 6.45) is 3.88. The van der Waals surface area contributed by atoms with Crippen LogP contribution in [-0.4, -0.2) is 19.1 Å². The number of aromatic nitrogens is 4. The fourth-order valence-corrected chi connectivity index (χ4v) is 5.88. The Morgan fingerprint density at radius 1 is 0.512 bits per heavy atom. The second kappa shape index (κ2) is 9.50. The topological polar surface area (TPSA) is 38.9 Å². The van der Waals surface area contributed by atoms with Gasteiger partial charge in [0.05, 0.1) is 16.7 Å². The molecule has 0 saturated heterocycles. The molecule has 0 bridgehead atoms. The van der Waals surface area contributed by atoms with Gasteiger partial charge in [0.2, 0.25) is 0 Å². The third kappa shape index (κ3) is 3.71. The number of nitrogens with zero attached hydrogens (tertiary/aromatic N) is 5. The maximum Gasteiger partial charge on any atom is 0.166 e. The molecule has 0 fully saturated rings. The first-order chi connectivity index (χ1) is 20.4. The smallest absolute Gasteiger partial charge is 0.166 e. The summed E-state index contributed by atoms with van der Waals surface area (Å²) >= 11 is 0. The highest BCUT2D eigenvalue weighted by Gasteiger charge is 2.24. The lowest BCUT2D eigenvalue weighted by Crippen LogP contribution is -2.13. The Morgan fingerprint density at radius 3 is 1.61 bits per heavy atom. The minimum atomic E-state index is 0.809. The average Bonchev–Trinajstić information content (AvgIpc) is 3.59. The van der Waals surface area contributed by atoms with Crippen molar-refractivity contribution in [3.8, 4) is 11.4 Å². The number of hydrogen-bond donors (Lipinski definition) is 0. The van der Waals surface area contributed by atoms with Crippen molar-refractivity contribution in [1.29, 1.82) is 0 Å².